The molecule has 18 heavy (non-hydrogen) atoms. The van der Waals surface area contributed by atoms with E-state index in [0.717, 1.165) is 16.9 Å². The largest absolute Gasteiger partial charge is 0.485 e. The molecule has 0 aromatic heterocycles. The van der Waals surface area contributed by atoms with Crippen LogP contribution in [0.3, 0.4) is 0 Å². The molecule has 94 valence electrons. The van der Waals surface area contributed by atoms with Crippen LogP contribution in [0.5, 0.6) is 5.75 Å². The summed E-state index contributed by atoms with van der Waals surface area (Å²) >= 11 is 0. The van der Waals surface area contributed by atoms with Gasteiger partial charge in [0.25, 0.3) is 0 Å². The first-order valence-corrected chi connectivity index (χ1v) is 5.83. The van der Waals surface area contributed by atoms with E-state index in [1.165, 1.54) is 7.11 Å². The lowest BCUT2D eigenvalue weighted by molar-refractivity contribution is -0.136. The molecular formula is C15H16O3. The van der Waals surface area contributed by atoms with Crippen molar-refractivity contribution in [3.05, 3.63) is 47.6 Å². The predicted molar refractivity (Wildman–Crippen MR) is 70.4 cm³/mol. The molecule has 0 N–H and O–H groups in total. The molecule has 0 saturated heterocycles. The Bertz CT molecular complexity index is 514. The van der Waals surface area contributed by atoms with Gasteiger partial charge in [0.1, 0.15) is 11.9 Å². The van der Waals surface area contributed by atoms with Crippen LogP contribution in [0.15, 0.2) is 36.4 Å². The van der Waals surface area contributed by atoms with Gasteiger partial charge in [0.2, 0.25) is 0 Å². The van der Waals surface area contributed by atoms with Crippen molar-refractivity contribution >= 4 is 12.0 Å². The Labute approximate surface area is 107 Å². The van der Waals surface area contributed by atoms with Gasteiger partial charge in [-0.05, 0) is 25.1 Å². The molecule has 0 unspecified atom stereocenters. The van der Waals surface area contributed by atoms with Gasteiger partial charge in [0.15, 0.2) is 0 Å². The second kappa shape index (κ2) is 5.08. The number of aryl methyl sites for hydroxylation is 1. The number of hydrogen-bond acceptors (Lipinski definition) is 3. The molecule has 0 bridgehead atoms. The van der Waals surface area contributed by atoms with Crippen molar-refractivity contribution < 1.29 is 14.3 Å². The van der Waals surface area contributed by atoms with Gasteiger partial charge in [0.05, 0.1) is 7.11 Å². The number of ether oxygens (including phenoxy) is 2. The Hall–Kier alpha value is -2.03. The fraction of sp³-hybridized carbons (Fsp3) is 0.267. The van der Waals surface area contributed by atoms with E-state index in [9.17, 15) is 4.79 Å². The Morgan fingerprint density at radius 3 is 3.00 bits per heavy atom. The second-order valence-electron chi connectivity index (χ2n) is 4.30. The predicted octanol–water partition coefficient (Wildman–Crippen LogP) is 2.89. The number of methoxy groups -OCH3 is 1. The molecule has 3 heteroatoms. The molecule has 1 aliphatic rings. The van der Waals surface area contributed by atoms with Crippen LogP contribution in [-0.2, 0) is 9.53 Å². The van der Waals surface area contributed by atoms with Gasteiger partial charge < -0.3 is 9.47 Å². The van der Waals surface area contributed by atoms with Gasteiger partial charge in [-0.3, -0.25) is 0 Å². The van der Waals surface area contributed by atoms with Crippen molar-refractivity contribution in [2.75, 3.05) is 7.11 Å². The molecule has 3 nitrogen and oxygen atoms in total. The lowest BCUT2D eigenvalue weighted by Crippen LogP contribution is -2.16. The molecule has 0 fully saturated rings. The lowest BCUT2D eigenvalue weighted by atomic mass is 10.0. The minimum Gasteiger partial charge on any atom is -0.485 e. The summed E-state index contributed by atoms with van der Waals surface area (Å²) < 4.78 is 10.6. The van der Waals surface area contributed by atoms with Crippen LogP contribution in [0.25, 0.3) is 6.08 Å². The Morgan fingerprint density at radius 2 is 2.33 bits per heavy atom. The first-order chi connectivity index (χ1) is 8.63. The summed E-state index contributed by atoms with van der Waals surface area (Å²) in [7, 11) is 1.38. The summed E-state index contributed by atoms with van der Waals surface area (Å²) in [6, 6.07) is 5.89. The van der Waals surface area contributed by atoms with Crippen molar-refractivity contribution in [1.82, 2.24) is 0 Å². The van der Waals surface area contributed by atoms with Gasteiger partial charge >= 0.3 is 5.97 Å². The maximum atomic E-state index is 11.7. The Kier molecular flexibility index (Phi) is 3.51. The van der Waals surface area contributed by atoms with Gasteiger partial charge in [-0.25, -0.2) is 4.79 Å². The van der Waals surface area contributed by atoms with Crippen molar-refractivity contribution in [2.24, 2.45) is 0 Å². The monoisotopic (exact) mass is 244 g/mol. The summed E-state index contributed by atoms with van der Waals surface area (Å²) in [5.41, 5.74) is 2.63. The minimum atomic E-state index is -0.320. The van der Waals surface area contributed by atoms with Crippen molar-refractivity contribution in [2.45, 2.75) is 19.4 Å². The van der Waals surface area contributed by atoms with Crippen LogP contribution in [0.1, 0.15) is 17.5 Å². The van der Waals surface area contributed by atoms with Crippen LogP contribution in [0.4, 0.5) is 0 Å². The highest BCUT2D eigenvalue weighted by Gasteiger charge is 2.21. The third-order valence-corrected chi connectivity index (χ3v) is 2.90. The maximum Gasteiger partial charge on any atom is 0.333 e. The van der Waals surface area contributed by atoms with E-state index >= 15 is 0 Å². The SMILES string of the molecule is C=C[C@@H]1CC(C(=O)OC)=Cc2cc(C)ccc2O1. The van der Waals surface area contributed by atoms with Crippen molar-refractivity contribution in [3.8, 4) is 5.75 Å². The van der Waals surface area contributed by atoms with E-state index < -0.39 is 0 Å². The molecule has 0 radical (unpaired) electrons. The summed E-state index contributed by atoms with van der Waals surface area (Å²) in [5, 5.41) is 0. The third kappa shape index (κ3) is 2.45. The molecule has 2 rings (SSSR count). The first-order valence-electron chi connectivity index (χ1n) is 5.83. The van der Waals surface area contributed by atoms with Crippen molar-refractivity contribution in [3.63, 3.8) is 0 Å². The lowest BCUT2D eigenvalue weighted by Gasteiger charge is -2.14. The van der Waals surface area contributed by atoms with Gasteiger partial charge in [-0.2, -0.15) is 0 Å². The summed E-state index contributed by atoms with van der Waals surface area (Å²) in [6.45, 7) is 5.73. The molecule has 1 aromatic rings. The highest BCUT2D eigenvalue weighted by atomic mass is 16.5. The summed E-state index contributed by atoms with van der Waals surface area (Å²) in [6.07, 6.45) is 3.80. The minimum absolute atomic E-state index is 0.209. The molecule has 0 amide bonds. The van der Waals surface area contributed by atoms with Crippen LogP contribution in [0.2, 0.25) is 0 Å². The number of fused-ring (bicyclic) bond motifs is 1. The molecule has 1 aromatic carbocycles. The quantitative estimate of drug-likeness (QED) is 0.592. The average molecular weight is 244 g/mol. The molecule has 0 saturated carbocycles. The number of carbonyl (C=O) groups excluding carboxylic acids is 1. The molecule has 1 aliphatic heterocycles. The normalized spacial score (nSPS) is 17.9. The molecule has 1 heterocycles. The molecule has 0 aliphatic carbocycles. The van der Waals surface area contributed by atoms with Gasteiger partial charge in [0, 0.05) is 17.6 Å². The number of hydrogen-bond donors (Lipinski definition) is 0. The maximum absolute atomic E-state index is 11.7. The molecule has 0 spiro atoms. The van der Waals surface area contributed by atoms with E-state index in [4.69, 9.17) is 9.47 Å². The zero-order chi connectivity index (χ0) is 13.1. The average Bonchev–Trinajstić information content (AvgIpc) is 2.56. The Balaban J connectivity index is 2.48. The van der Waals surface area contributed by atoms with E-state index in [1.54, 1.807) is 6.08 Å². The van der Waals surface area contributed by atoms with Crippen LogP contribution in [-0.4, -0.2) is 19.2 Å². The Morgan fingerprint density at radius 1 is 1.56 bits per heavy atom. The number of esters is 1. The van der Waals surface area contributed by atoms with Gasteiger partial charge in [-0.1, -0.05) is 24.3 Å². The topological polar surface area (TPSA) is 35.5 Å². The summed E-state index contributed by atoms with van der Waals surface area (Å²) in [4.78, 5) is 11.7. The standard InChI is InChI=1S/C15H16O3/c1-4-13-9-12(15(16)17-3)8-11-7-10(2)5-6-14(11)18-13/h4-8,13H,1,9H2,2-3H3/t13-/m1/s1. The van der Waals surface area contributed by atoms with E-state index in [2.05, 4.69) is 6.58 Å². The fourth-order valence-corrected chi connectivity index (χ4v) is 1.96. The van der Waals surface area contributed by atoms with E-state index in [1.807, 2.05) is 31.2 Å². The fourth-order valence-electron chi connectivity index (χ4n) is 1.96. The van der Waals surface area contributed by atoms with E-state index in [0.29, 0.717) is 12.0 Å². The molecular weight excluding hydrogens is 228 g/mol. The summed E-state index contributed by atoms with van der Waals surface area (Å²) in [5.74, 6) is 0.448. The second-order valence-corrected chi connectivity index (χ2v) is 4.30. The van der Waals surface area contributed by atoms with Crippen LogP contribution in [0, 0.1) is 6.92 Å². The molecule has 1 atom stereocenters. The number of benzene rings is 1. The highest BCUT2D eigenvalue weighted by Crippen LogP contribution is 2.30. The smallest absolute Gasteiger partial charge is 0.333 e. The highest BCUT2D eigenvalue weighted by molar-refractivity contribution is 5.94. The zero-order valence-electron chi connectivity index (χ0n) is 10.6. The van der Waals surface area contributed by atoms with Gasteiger partial charge in [-0.15, -0.1) is 0 Å². The van der Waals surface area contributed by atoms with E-state index in [-0.39, 0.29) is 12.1 Å². The van der Waals surface area contributed by atoms with Crippen LogP contribution < -0.4 is 4.74 Å². The number of rotatable bonds is 2. The third-order valence-electron chi connectivity index (χ3n) is 2.90. The van der Waals surface area contributed by atoms with Crippen molar-refractivity contribution in [1.29, 1.82) is 0 Å². The number of carbonyl (C=O) groups is 1. The first kappa shape index (κ1) is 12.4. The van der Waals surface area contributed by atoms with Crippen LogP contribution >= 0.6 is 0 Å². The zero-order valence-corrected chi connectivity index (χ0v) is 10.6.